The average molecular weight is 413 g/mol. The molecule has 3 heterocycles. The first-order valence-electron chi connectivity index (χ1n) is 8.15. The molecule has 2 aliphatic heterocycles. The molecule has 2 aliphatic rings. The zero-order chi connectivity index (χ0) is 17.4. The van der Waals surface area contributed by atoms with Crippen LogP contribution in [-0.2, 0) is 6.54 Å². The second-order valence-corrected chi connectivity index (χ2v) is 7.53. The van der Waals surface area contributed by atoms with Gasteiger partial charge in [-0.05, 0) is 17.7 Å². The summed E-state index contributed by atoms with van der Waals surface area (Å²) in [7, 11) is 0. The van der Waals surface area contributed by atoms with Crippen molar-refractivity contribution in [1.82, 2.24) is 19.8 Å². The SMILES string of the molecule is Cl.O=C(c1cnc2n(c1=O)CCS2)N1CCNCC1c1cccc(Cl)c1. The van der Waals surface area contributed by atoms with Crippen LogP contribution in [-0.4, -0.2) is 45.7 Å². The van der Waals surface area contributed by atoms with Gasteiger partial charge in [0.25, 0.3) is 11.5 Å². The Labute approximate surface area is 166 Å². The number of hydrogen-bond donors (Lipinski definition) is 1. The number of thioether (sulfide) groups is 1. The number of amides is 1. The molecule has 1 atom stereocenters. The van der Waals surface area contributed by atoms with Crippen LogP contribution in [0.4, 0.5) is 0 Å². The van der Waals surface area contributed by atoms with Crippen molar-refractivity contribution in [3.05, 3.63) is 57.0 Å². The molecule has 0 saturated carbocycles. The molecule has 0 aliphatic carbocycles. The lowest BCUT2D eigenvalue weighted by Gasteiger charge is -2.36. The fourth-order valence-electron chi connectivity index (χ4n) is 3.28. The van der Waals surface area contributed by atoms with Gasteiger partial charge in [0.05, 0.1) is 6.04 Å². The number of rotatable bonds is 2. The lowest BCUT2D eigenvalue weighted by Crippen LogP contribution is -2.50. The molecule has 0 spiro atoms. The second-order valence-electron chi connectivity index (χ2n) is 6.03. The van der Waals surface area contributed by atoms with Crippen molar-refractivity contribution in [3.63, 3.8) is 0 Å². The maximum atomic E-state index is 13.1. The van der Waals surface area contributed by atoms with E-state index in [-0.39, 0.29) is 35.5 Å². The molecule has 6 nitrogen and oxygen atoms in total. The normalized spacial score (nSPS) is 19.0. The molecule has 26 heavy (non-hydrogen) atoms. The van der Waals surface area contributed by atoms with Gasteiger partial charge < -0.3 is 10.2 Å². The molecule has 1 aromatic carbocycles. The van der Waals surface area contributed by atoms with Crippen LogP contribution in [0.15, 0.2) is 40.4 Å². The second kappa shape index (κ2) is 8.00. The van der Waals surface area contributed by atoms with E-state index in [9.17, 15) is 9.59 Å². The van der Waals surface area contributed by atoms with E-state index < -0.39 is 0 Å². The molecule has 0 bridgehead atoms. The number of nitrogens with one attached hydrogen (secondary N) is 1. The maximum Gasteiger partial charge on any atom is 0.267 e. The Morgan fingerprint density at radius 2 is 2.19 bits per heavy atom. The molecular weight excluding hydrogens is 395 g/mol. The number of carbonyl (C=O) groups is 1. The highest BCUT2D eigenvalue weighted by molar-refractivity contribution is 7.99. The van der Waals surface area contributed by atoms with Crippen molar-refractivity contribution in [2.45, 2.75) is 17.7 Å². The molecule has 9 heteroatoms. The fraction of sp³-hybridized carbons (Fsp3) is 0.353. The number of halogens is 2. The Bertz CT molecular complexity index is 889. The van der Waals surface area contributed by atoms with Crippen LogP contribution in [0, 0.1) is 0 Å². The fourth-order valence-corrected chi connectivity index (χ4v) is 4.39. The minimum absolute atomic E-state index is 0. The topological polar surface area (TPSA) is 67.2 Å². The third kappa shape index (κ3) is 3.49. The number of aromatic nitrogens is 2. The van der Waals surface area contributed by atoms with Gasteiger partial charge in [0.15, 0.2) is 5.16 Å². The minimum atomic E-state index is -0.267. The van der Waals surface area contributed by atoms with E-state index in [4.69, 9.17) is 11.6 Å². The Morgan fingerprint density at radius 1 is 1.35 bits per heavy atom. The third-order valence-corrected chi connectivity index (χ3v) is 5.73. The van der Waals surface area contributed by atoms with Crippen LogP contribution in [0.3, 0.4) is 0 Å². The van der Waals surface area contributed by atoms with Crippen molar-refractivity contribution in [3.8, 4) is 0 Å². The van der Waals surface area contributed by atoms with Crippen molar-refractivity contribution in [2.75, 3.05) is 25.4 Å². The molecule has 4 rings (SSSR count). The molecule has 1 aromatic heterocycles. The van der Waals surface area contributed by atoms with Gasteiger partial charge in [0.2, 0.25) is 0 Å². The summed E-state index contributed by atoms with van der Waals surface area (Å²) < 4.78 is 1.59. The standard InChI is InChI=1S/C17H17ClN4O2S.ClH/c18-12-3-1-2-11(8-12)14-10-19-4-5-21(14)15(23)13-9-20-17-22(16(13)24)6-7-25-17;/h1-3,8-9,14,19H,4-7,10H2;1H. The quantitative estimate of drug-likeness (QED) is 0.765. The Balaban J connectivity index is 0.00000196. The van der Waals surface area contributed by atoms with Crippen LogP contribution in [0.25, 0.3) is 0 Å². The summed E-state index contributed by atoms with van der Waals surface area (Å²) in [6.45, 7) is 2.46. The van der Waals surface area contributed by atoms with E-state index in [1.54, 1.807) is 9.47 Å². The van der Waals surface area contributed by atoms with Crippen LogP contribution >= 0.6 is 35.8 Å². The van der Waals surface area contributed by atoms with Crippen molar-refractivity contribution in [2.24, 2.45) is 0 Å². The van der Waals surface area contributed by atoms with E-state index in [1.165, 1.54) is 18.0 Å². The summed E-state index contributed by atoms with van der Waals surface area (Å²) >= 11 is 7.65. The zero-order valence-electron chi connectivity index (χ0n) is 13.9. The van der Waals surface area contributed by atoms with E-state index in [0.29, 0.717) is 36.4 Å². The molecule has 1 N–H and O–H groups in total. The molecule has 2 aromatic rings. The van der Waals surface area contributed by atoms with E-state index in [0.717, 1.165) is 11.3 Å². The lowest BCUT2D eigenvalue weighted by molar-refractivity contribution is 0.0631. The van der Waals surface area contributed by atoms with Gasteiger partial charge in [-0.25, -0.2) is 4.98 Å². The van der Waals surface area contributed by atoms with Gasteiger partial charge in [0, 0.05) is 43.2 Å². The highest BCUT2D eigenvalue weighted by atomic mass is 35.5. The van der Waals surface area contributed by atoms with Gasteiger partial charge in [-0.2, -0.15) is 0 Å². The summed E-state index contributed by atoms with van der Waals surface area (Å²) in [6.07, 6.45) is 1.42. The average Bonchev–Trinajstić information content (AvgIpc) is 3.11. The molecule has 1 amide bonds. The van der Waals surface area contributed by atoms with E-state index in [1.807, 2.05) is 24.3 Å². The van der Waals surface area contributed by atoms with Crippen LogP contribution in [0.5, 0.6) is 0 Å². The summed E-state index contributed by atoms with van der Waals surface area (Å²) in [5.41, 5.74) is 0.849. The monoisotopic (exact) mass is 412 g/mol. The van der Waals surface area contributed by atoms with E-state index >= 15 is 0 Å². The highest BCUT2D eigenvalue weighted by Gasteiger charge is 2.31. The lowest BCUT2D eigenvalue weighted by atomic mass is 10.0. The summed E-state index contributed by atoms with van der Waals surface area (Å²) in [5, 5.41) is 4.63. The zero-order valence-corrected chi connectivity index (χ0v) is 16.2. The predicted octanol–water partition coefficient (Wildman–Crippen LogP) is 2.21. The molecule has 1 saturated heterocycles. The van der Waals surface area contributed by atoms with E-state index in [2.05, 4.69) is 10.3 Å². The summed E-state index contributed by atoms with van der Waals surface area (Å²) in [6, 6.07) is 7.34. The number of fused-ring (bicyclic) bond motifs is 1. The first-order chi connectivity index (χ1) is 12.1. The third-order valence-electron chi connectivity index (χ3n) is 4.52. The number of nitrogens with zero attached hydrogens (tertiary/aromatic N) is 3. The Hall–Kier alpha value is -1.54. The number of piperazine rings is 1. The number of carbonyl (C=O) groups excluding carboxylic acids is 1. The molecule has 1 unspecified atom stereocenters. The molecule has 1 fully saturated rings. The smallest absolute Gasteiger partial charge is 0.267 e. The summed E-state index contributed by atoms with van der Waals surface area (Å²) in [4.78, 5) is 31.8. The van der Waals surface area contributed by atoms with Gasteiger partial charge >= 0.3 is 0 Å². The van der Waals surface area contributed by atoms with Gasteiger partial charge in [0.1, 0.15) is 5.56 Å². The van der Waals surface area contributed by atoms with Gasteiger partial charge in [-0.1, -0.05) is 35.5 Å². The number of hydrogen-bond acceptors (Lipinski definition) is 5. The molecule has 138 valence electrons. The minimum Gasteiger partial charge on any atom is -0.329 e. The van der Waals surface area contributed by atoms with Crippen molar-refractivity contribution < 1.29 is 4.79 Å². The first-order valence-corrected chi connectivity index (χ1v) is 9.51. The number of benzene rings is 1. The van der Waals surface area contributed by atoms with Crippen LogP contribution < -0.4 is 10.9 Å². The Kier molecular flexibility index (Phi) is 5.92. The van der Waals surface area contributed by atoms with Crippen LogP contribution in [0.1, 0.15) is 22.0 Å². The molecule has 0 radical (unpaired) electrons. The highest BCUT2D eigenvalue weighted by Crippen LogP contribution is 2.26. The summed E-state index contributed by atoms with van der Waals surface area (Å²) in [5.74, 6) is 0.551. The largest absolute Gasteiger partial charge is 0.329 e. The Morgan fingerprint density at radius 3 is 3.00 bits per heavy atom. The first kappa shape index (κ1) is 19.2. The molecular formula is C17H18Cl2N4O2S. The predicted molar refractivity (Wildman–Crippen MR) is 105 cm³/mol. The van der Waals surface area contributed by atoms with Crippen molar-refractivity contribution >= 4 is 41.7 Å². The van der Waals surface area contributed by atoms with Gasteiger partial charge in [-0.3, -0.25) is 14.2 Å². The van der Waals surface area contributed by atoms with Crippen molar-refractivity contribution in [1.29, 1.82) is 0 Å². The van der Waals surface area contributed by atoms with Crippen LogP contribution in [0.2, 0.25) is 5.02 Å². The maximum absolute atomic E-state index is 13.1. The van der Waals surface area contributed by atoms with Gasteiger partial charge in [-0.15, -0.1) is 12.4 Å².